The van der Waals surface area contributed by atoms with E-state index < -0.39 is 18.0 Å². The molecule has 7 nitrogen and oxygen atoms in total. The lowest BCUT2D eigenvalue weighted by atomic mass is 9.95. The molecule has 2 aromatic carbocycles. The number of fused-ring (bicyclic) bond motifs is 1. The molecule has 0 bridgehead atoms. The molecule has 4 rings (SSSR count). The summed E-state index contributed by atoms with van der Waals surface area (Å²) in [6.07, 6.45) is 1.77. The summed E-state index contributed by atoms with van der Waals surface area (Å²) in [6, 6.07) is 13.0. The van der Waals surface area contributed by atoms with Gasteiger partial charge in [-0.15, -0.1) is 0 Å². The second kappa shape index (κ2) is 10.6. The van der Waals surface area contributed by atoms with E-state index in [4.69, 9.17) is 21.1 Å². The minimum absolute atomic E-state index is 0.146. The molecule has 0 amide bonds. The summed E-state index contributed by atoms with van der Waals surface area (Å²) in [7, 11) is 1.31. The second-order valence-corrected chi connectivity index (χ2v) is 10.2. The zero-order valence-corrected chi connectivity index (χ0v) is 21.9. The zero-order chi connectivity index (χ0) is 26.0. The molecule has 0 saturated heterocycles. The van der Waals surface area contributed by atoms with E-state index in [1.165, 1.54) is 23.0 Å². The molecule has 2 heterocycles. The van der Waals surface area contributed by atoms with Crippen LogP contribution in [0.4, 0.5) is 0 Å². The summed E-state index contributed by atoms with van der Waals surface area (Å²) < 4.78 is 12.3. The molecule has 3 aromatic rings. The summed E-state index contributed by atoms with van der Waals surface area (Å²) in [5, 5.41) is 0.601. The van der Waals surface area contributed by atoms with Gasteiger partial charge in [-0.05, 0) is 54.3 Å². The largest absolute Gasteiger partial charge is 0.465 e. The molecule has 1 atom stereocenters. The normalized spacial score (nSPS) is 15.5. The molecule has 1 aromatic heterocycles. The summed E-state index contributed by atoms with van der Waals surface area (Å²) >= 11 is 7.23. The fourth-order valence-corrected chi connectivity index (χ4v) is 5.02. The van der Waals surface area contributed by atoms with Crippen molar-refractivity contribution in [1.82, 2.24) is 4.57 Å². The number of hydrogen-bond donors (Lipinski definition) is 0. The SMILES string of the molecule is COC(=O)c1ccc(C2C(C(=O)OCC(C)C)=C(C)N=c3sc(=Cc4ccc(Cl)cc4)c(=O)n32)cc1. The summed E-state index contributed by atoms with van der Waals surface area (Å²) in [6.45, 7) is 5.87. The Balaban J connectivity index is 1.88. The second-order valence-electron chi connectivity index (χ2n) is 8.74. The van der Waals surface area contributed by atoms with Crippen LogP contribution in [-0.2, 0) is 14.3 Å². The Morgan fingerprint density at radius 3 is 2.39 bits per heavy atom. The van der Waals surface area contributed by atoms with Gasteiger partial charge in [0.25, 0.3) is 5.56 Å². The van der Waals surface area contributed by atoms with Crippen LogP contribution in [-0.4, -0.2) is 30.2 Å². The van der Waals surface area contributed by atoms with Crippen LogP contribution in [0.1, 0.15) is 48.3 Å². The molecule has 0 saturated carbocycles. The number of aromatic nitrogens is 1. The van der Waals surface area contributed by atoms with E-state index in [1.54, 1.807) is 49.4 Å². The lowest BCUT2D eigenvalue weighted by molar-refractivity contribution is -0.140. The van der Waals surface area contributed by atoms with E-state index in [0.29, 0.717) is 31.2 Å². The van der Waals surface area contributed by atoms with E-state index in [1.807, 2.05) is 26.0 Å². The highest BCUT2D eigenvalue weighted by Gasteiger charge is 2.33. The maximum absolute atomic E-state index is 13.6. The molecule has 0 spiro atoms. The predicted molar refractivity (Wildman–Crippen MR) is 139 cm³/mol. The van der Waals surface area contributed by atoms with Crippen LogP contribution < -0.4 is 14.9 Å². The molecule has 0 fully saturated rings. The van der Waals surface area contributed by atoms with Gasteiger partial charge >= 0.3 is 11.9 Å². The lowest BCUT2D eigenvalue weighted by Gasteiger charge is -2.25. The number of nitrogens with zero attached hydrogens (tertiary/aromatic N) is 2. The molecular weight excluding hydrogens is 500 g/mol. The van der Waals surface area contributed by atoms with Crippen LogP contribution in [0.2, 0.25) is 5.02 Å². The summed E-state index contributed by atoms with van der Waals surface area (Å²) in [5.74, 6) is -0.858. The highest BCUT2D eigenvalue weighted by molar-refractivity contribution is 7.07. The van der Waals surface area contributed by atoms with Gasteiger partial charge < -0.3 is 9.47 Å². The van der Waals surface area contributed by atoms with Crippen LogP contribution in [0, 0.1) is 5.92 Å². The van der Waals surface area contributed by atoms with Crippen molar-refractivity contribution in [2.24, 2.45) is 10.9 Å². The molecule has 1 unspecified atom stereocenters. The minimum Gasteiger partial charge on any atom is -0.465 e. The van der Waals surface area contributed by atoms with Crippen molar-refractivity contribution in [2.45, 2.75) is 26.8 Å². The number of carbonyl (C=O) groups is 2. The maximum Gasteiger partial charge on any atom is 0.338 e. The van der Waals surface area contributed by atoms with Crippen LogP contribution in [0.3, 0.4) is 0 Å². The zero-order valence-electron chi connectivity index (χ0n) is 20.3. The average molecular weight is 525 g/mol. The molecular formula is C27H25ClN2O5S. The molecule has 36 heavy (non-hydrogen) atoms. The van der Waals surface area contributed by atoms with Crippen LogP contribution in [0.15, 0.2) is 69.6 Å². The van der Waals surface area contributed by atoms with Crippen molar-refractivity contribution in [3.8, 4) is 0 Å². The first-order valence-corrected chi connectivity index (χ1v) is 12.5. The fraction of sp³-hybridized carbons (Fsp3) is 0.259. The number of methoxy groups -OCH3 is 1. The van der Waals surface area contributed by atoms with Crippen molar-refractivity contribution in [3.63, 3.8) is 0 Å². The third kappa shape index (κ3) is 5.20. The minimum atomic E-state index is -0.764. The van der Waals surface area contributed by atoms with Gasteiger partial charge in [0, 0.05) is 5.02 Å². The quantitative estimate of drug-likeness (QED) is 0.457. The Hall–Kier alpha value is -3.49. The Morgan fingerprint density at radius 2 is 1.78 bits per heavy atom. The fourth-order valence-electron chi connectivity index (χ4n) is 3.85. The van der Waals surface area contributed by atoms with E-state index in [-0.39, 0.29) is 23.7 Å². The van der Waals surface area contributed by atoms with Gasteiger partial charge in [-0.25, -0.2) is 14.6 Å². The molecule has 1 aliphatic heterocycles. The summed E-state index contributed by atoms with van der Waals surface area (Å²) in [5.41, 5.74) is 2.30. The molecule has 1 aliphatic rings. The van der Waals surface area contributed by atoms with Crippen LogP contribution in [0.25, 0.3) is 6.08 Å². The topological polar surface area (TPSA) is 87.0 Å². The van der Waals surface area contributed by atoms with Crippen LogP contribution >= 0.6 is 22.9 Å². The van der Waals surface area contributed by atoms with Crippen molar-refractivity contribution < 1.29 is 19.1 Å². The van der Waals surface area contributed by atoms with E-state index in [0.717, 1.165) is 5.56 Å². The average Bonchev–Trinajstić information content (AvgIpc) is 3.16. The number of halogens is 1. The lowest BCUT2D eigenvalue weighted by Crippen LogP contribution is -2.40. The van der Waals surface area contributed by atoms with Crippen LogP contribution in [0.5, 0.6) is 0 Å². The number of thiazole rings is 1. The number of allylic oxidation sites excluding steroid dienone is 1. The number of esters is 2. The standard InChI is InChI=1S/C27H25ClN2O5S/c1-15(2)14-35-26(33)22-16(3)29-27-30(23(22)18-7-9-19(10-8-18)25(32)34-4)24(31)21(36-27)13-17-5-11-20(28)12-6-17/h5-13,15,23H,14H2,1-4H3. The van der Waals surface area contributed by atoms with Crippen molar-refractivity contribution >= 4 is 41.0 Å². The molecule has 186 valence electrons. The van der Waals surface area contributed by atoms with E-state index >= 15 is 0 Å². The first kappa shape index (κ1) is 25.6. The number of hydrogen-bond acceptors (Lipinski definition) is 7. The first-order chi connectivity index (χ1) is 17.2. The third-order valence-electron chi connectivity index (χ3n) is 5.60. The molecule has 9 heteroatoms. The number of benzene rings is 2. The Morgan fingerprint density at radius 1 is 1.11 bits per heavy atom. The van der Waals surface area contributed by atoms with Gasteiger partial charge in [-0.2, -0.15) is 0 Å². The Kier molecular flexibility index (Phi) is 7.56. The van der Waals surface area contributed by atoms with Gasteiger partial charge in [0.05, 0.1) is 41.1 Å². The first-order valence-electron chi connectivity index (χ1n) is 11.3. The number of rotatable bonds is 6. The molecule has 0 radical (unpaired) electrons. The van der Waals surface area contributed by atoms with Gasteiger partial charge in [-0.3, -0.25) is 9.36 Å². The van der Waals surface area contributed by atoms with E-state index in [9.17, 15) is 14.4 Å². The number of carbonyl (C=O) groups excluding carboxylic acids is 2. The van der Waals surface area contributed by atoms with Crippen molar-refractivity contribution in [2.75, 3.05) is 13.7 Å². The number of ether oxygens (including phenoxy) is 2. The Bertz CT molecular complexity index is 1520. The van der Waals surface area contributed by atoms with Gasteiger partial charge in [0.1, 0.15) is 0 Å². The van der Waals surface area contributed by atoms with Crippen molar-refractivity contribution in [3.05, 3.63) is 101 Å². The monoisotopic (exact) mass is 524 g/mol. The molecule has 0 N–H and O–H groups in total. The highest BCUT2D eigenvalue weighted by atomic mass is 35.5. The van der Waals surface area contributed by atoms with Crippen molar-refractivity contribution in [1.29, 1.82) is 0 Å². The van der Waals surface area contributed by atoms with E-state index in [2.05, 4.69) is 4.99 Å². The smallest absolute Gasteiger partial charge is 0.338 e. The van der Waals surface area contributed by atoms with Gasteiger partial charge in [0.2, 0.25) is 0 Å². The maximum atomic E-state index is 13.6. The van der Waals surface area contributed by atoms with Gasteiger partial charge in [0.15, 0.2) is 4.80 Å². The predicted octanol–water partition coefficient (Wildman–Crippen LogP) is 3.87. The molecule has 0 aliphatic carbocycles. The third-order valence-corrected chi connectivity index (χ3v) is 6.84. The highest BCUT2D eigenvalue weighted by Crippen LogP contribution is 2.31. The Labute approximate surface area is 217 Å². The van der Waals surface area contributed by atoms with Gasteiger partial charge in [-0.1, -0.05) is 61.1 Å². The summed E-state index contributed by atoms with van der Waals surface area (Å²) in [4.78, 5) is 43.9.